The highest BCUT2D eigenvalue weighted by atomic mass is 35.5. The number of carbonyl (C=O) groups excluding carboxylic acids is 1. The van der Waals surface area contributed by atoms with Crippen LogP contribution in [-0.2, 0) is 4.79 Å². The Morgan fingerprint density at radius 3 is 2.68 bits per heavy atom. The number of amides is 1. The fourth-order valence-electron chi connectivity index (χ4n) is 3.66. The maximum atomic E-state index is 12.8. The van der Waals surface area contributed by atoms with Gasteiger partial charge in [-0.2, -0.15) is 0 Å². The summed E-state index contributed by atoms with van der Waals surface area (Å²) in [6.07, 6.45) is 3.28. The molecule has 1 aliphatic heterocycles. The summed E-state index contributed by atoms with van der Waals surface area (Å²) < 4.78 is 0. The highest BCUT2D eigenvalue weighted by Gasteiger charge is 2.58. The van der Waals surface area contributed by atoms with Gasteiger partial charge in [0.15, 0.2) is 0 Å². The summed E-state index contributed by atoms with van der Waals surface area (Å²) in [4.78, 5) is 14.7. The van der Waals surface area contributed by atoms with Gasteiger partial charge in [-0.15, -0.1) is 0 Å². The number of nitrogens with one attached hydrogen (secondary N) is 1. The topological polar surface area (TPSA) is 32.3 Å². The van der Waals surface area contributed by atoms with Gasteiger partial charge in [0.1, 0.15) is 0 Å². The van der Waals surface area contributed by atoms with E-state index in [4.69, 9.17) is 23.2 Å². The van der Waals surface area contributed by atoms with Gasteiger partial charge in [-0.05, 0) is 62.4 Å². The molecule has 5 heteroatoms. The Hall–Kier alpha value is -0.770. The molecule has 1 amide bonds. The SMILES string of the molecule is C[C@H](c1ccc(Cl)cc1Cl)N(C)C(=O)[C@@H]1CC12CCNCC2. The van der Waals surface area contributed by atoms with Crippen LogP contribution in [0.2, 0.25) is 10.0 Å². The summed E-state index contributed by atoms with van der Waals surface area (Å²) in [5, 5.41) is 4.61. The van der Waals surface area contributed by atoms with Crippen LogP contribution in [0.15, 0.2) is 18.2 Å². The van der Waals surface area contributed by atoms with E-state index >= 15 is 0 Å². The molecule has 1 aromatic carbocycles. The first-order valence-electron chi connectivity index (χ1n) is 7.87. The van der Waals surface area contributed by atoms with Gasteiger partial charge >= 0.3 is 0 Å². The minimum atomic E-state index is -0.0448. The van der Waals surface area contributed by atoms with Crippen molar-refractivity contribution in [3.8, 4) is 0 Å². The smallest absolute Gasteiger partial charge is 0.226 e. The third kappa shape index (κ3) is 2.86. The van der Waals surface area contributed by atoms with E-state index in [-0.39, 0.29) is 23.3 Å². The van der Waals surface area contributed by atoms with Gasteiger partial charge in [0.25, 0.3) is 0 Å². The highest BCUT2D eigenvalue weighted by Crippen LogP contribution is 2.59. The lowest BCUT2D eigenvalue weighted by atomic mass is 9.91. The van der Waals surface area contributed by atoms with Gasteiger partial charge in [0.05, 0.1) is 6.04 Å². The lowest BCUT2D eigenvalue weighted by Gasteiger charge is -2.29. The molecule has 1 N–H and O–H groups in total. The highest BCUT2D eigenvalue weighted by molar-refractivity contribution is 6.35. The van der Waals surface area contributed by atoms with Crippen LogP contribution >= 0.6 is 23.2 Å². The van der Waals surface area contributed by atoms with E-state index in [9.17, 15) is 4.79 Å². The zero-order valence-corrected chi connectivity index (χ0v) is 14.5. The van der Waals surface area contributed by atoms with Crippen LogP contribution in [-0.4, -0.2) is 30.9 Å². The Kier molecular flexibility index (Phi) is 4.41. The first-order chi connectivity index (χ1) is 10.4. The van der Waals surface area contributed by atoms with E-state index in [1.807, 2.05) is 31.0 Å². The molecule has 120 valence electrons. The predicted molar refractivity (Wildman–Crippen MR) is 90.3 cm³/mol. The molecule has 1 saturated carbocycles. The van der Waals surface area contributed by atoms with Crippen molar-refractivity contribution >= 4 is 29.1 Å². The first kappa shape index (κ1) is 16.1. The van der Waals surface area contributed by atoms with Crippen molar-refractivity contribution in [2.75, 3.05) is 20.1 Å². The average Bonchev–Trinajstić information content (AvgIpc) is 3.19. The Balaban J connectivity index is 1.70. The van der Waals surface area contributed by atoms with Crippen LogP contribution < -0.4 is 5.32 Å². The molecular formula is C17H22Cl2N2O. The van der Waals surface area contributed by atoms with Gasteiger partial charge in [-0.3, -0.25) is 4.79 Å². The van der Waals surface area contributed by atoms with Crippen LogP contribution in [0.25, 0.3) is 0 Å². The summed E-state index contributed by atoms with van der Waals surface area (Å²) in [5.74, 6) is 0.438. The second kappa shape index (κ2) is 6.03. The number of nitrogens with zero attached hydrogens (tertiary/aromatic N) is 1. The molecule has 1 aliphatic carbocycles. The molecule has 2 aliphatic rings. The van der Waals surface area contributed by atoms with Crippen LogP contribution in [0.1, 0.15) is 37.8 Å². The van der Waals surface area contributed by atoms with Gasteiger partial charge in [0, 0.05) is 23.0 Å². The molecule has 0 unspecified atom stereocenters. The second-order valence-electron chi connectivity index (χ2n) is 6.66. The molecule has 0 bridgehead atoms. The molecule has 2 fully saturated rings. The maximum absolute atomic E-state index is 12.8. The summed E-state index contributed by atoms with van der Waals surface area (Å²) in [6, 6.07) is 5.42. The predicted octanol–water partition coefficient (Wildman–Crippen LogP) is 3.90. The molecule has 1 saturated heterocycles. The molecule has 2 atom stereocenters. The fourth-order valence-corrected chi connectivity index (χ4v) is 4.23. The van der Waals surface area contributed by atoms with Crippen molar-refractivity contribution in [1.82, 2.24) is 10.2 Å². The summed E-state index contributed by atoms with van der Waals surface area (Å²) in [6.45, 7) is 4.09. The zero-order valence-electron chi connectivity index (χ0n) is 13.0. The fraction of sp³-hybridized carbons (Fsp3) is 0.588. The Morgan fingerprint density at radius 2 is 2.05 bits per heavy atom. The van der Waals surface area contributed by atoms with Crippen molar-refractivity contribution in [2.24, 2.45) is 11.3 Å². The van der Waals surface area contributed by atoms with Crippen molar-refractivity contribution in [2.45, 2.75) is 32.2 Å². The number of hydrogen-bond donors (Lipinski definition) is 1. The molecular weight excluding hydrogens is 319 g/mol. The van der Waals surface area contributed by atoms with Crippen LogP contribution in [0.3, 0.4) is 0 Å². The molecule has 3 nitrogen and oxygen atoms in total. The monoisotopic (exact) mass is 340 g/mol. The largest absolute Gasteiger partial charge is 0.339 e. The van der Waals surface area contributed by atoms with Crippen LogP contribution in [0, 0.1) is 11.3 Å². The van der Waals surface area contributed by atoms with Gasteiger partial charge < -0.3 is 10.2 Å². The van der Waals surface area contributed by atoms with Crippen LogP contribution in [0.4, 0.5) is 0 Å². The third-order valence-corrected chi connectivity index (χ3v) is 5.99. The van der Waals surface area contributed by atoms with E-state index in [0.29, 0.717) is 10.0 Å². The molecule has 0 radical (unpaired) electrons. The quantitative estimate of drug-likeness (QED) is 0.904. The minimum Gasteiger partial charge on any atom is -0.339 e. The summed E-state index contributed by atoms with van der Waals surface area (Å²) >= 11 is 12.2. The van der Waals surface area contributed by atoms with Crippen LogP contribution in [0.5, 0.6) is 0 Å². The van der Waals surface area contributed by atoms with Crippen molar-refractivity contribution in [3.05, 3.63) is 33.8 Å². The number of halogens is 2. The van der Waals surface area contributed by atoms with E-state index < -0.39 is 0 Å². The summed E-state index contributed by atoms with van der Waals surface area (Å²) in [5.41, 5.74) is 1.21. The molecule has 0 aromatic heterocycles. The number of carbonyl (C=O) groups is 1. The average molecular weight is 341 g/mol. The molecule has 22 heavy (non-hydrogen) atoms. The molecule has 1 spiro atoms. The van der Waals surface area contributed by atoms with E-state index in [1.54, 1.807) is 6.07 Å². The number of piperidine rings is 1. The van der Waals surface area contributed by atoms with Gasteiger partial charge in [0.2, 0.25) is 5.91 Å². The molecule has 1 heterocycles. The Morgan fingerprint density at radius 1 is 1.36 bits per heavy atom. The van der Waals surface area contributed by atoms with Crippen molar-refractivity contribution in [1.29, 1.82) is 0 Å². The number of benzene rings is 1. The van der Waals surface area contributed by atoms with Crippen molar-refractivity contribution < 1.29 is 4.79 Å². The number of hydrogen-bond acceptors (Lipinski definition) is 2. The lowest BCUT2D eigenvalue weighted by Crippen LogP contribution is -2.35. The zero-order chi connectivity index (χ0) is 15.9. The second-order valence-corrected chi connectivity index (χ2v) is 7.50. The Labute approximate surface area is 142 Å². The normalized spacial score (nSPS) is 24.1. The summed E-state index contributed by atoms with van der Waals surface area (Å²) in [7, 11) is 1.88. The van der Waals surface area contributed by atoms with E-state index in [0.717, 1.165) is 37.9 Å². The maximum Gasteiger partial charge on any atom is 0.226 e. The van der Waals surface area contributed by atoms with E-state index in [2.05, 4.69) is 5.32 Å². The minimum absolute atomic E-state index is 0.0448. The van der Waals surface area contributed by atoms with Crippen molar-refractivity contribution in [3.63, 3.8) is 0 Å². The number of rotatable bonds is 3. The third-order valence-electron chi connectivity index (χ3n) is 5.43. The standard InChI is InChI=1S/C17H22Cl2N2O/c1-11(13-4-3-12(18)9-15(13)19)21(2)16(22)14-10-17(14)5-7-20-8-6-17/h3-4,9,11,14,20H,5-8,10H2,1-2H3/t11-,14+/m1/s1. The molecule has 3 rings (SSSR count). The van der Waals surface area contributed by atoms with E-state index in [1.165, 1.54) is 0 Å². The first-order valence-corrected chi connectivity index (χ1v) is 8.62. The van der Waals surface area contributed by atoms with Gasteiger partial charge in [-0.1, -0.05) is 29.3 Å². The van der Waals surface area contributed by atoms with Gasteiger partial charge in [-0.25, -0.2) is 0 Å². The Bertz CT molecular complexity index is 584. The lowest BCUT2D eigenvalue weighted by molar-refractivity contribution is -0.134. The molecule has 1 aromatic rings.